The molecule has 2 aromatic rings. The molecule has 0 radical (unpaired) electrons. The highest BCUT2D eigenvalue weighted by Crippen LogP contribution is 2.36. The van der Waals surface area contributed by atoms with Crippen molar-refractivity contribution in [2.45, 2.75) is 0 Å². The van der Waals surface area contributed by atoms with E-state index in [1.54, 1.807) is 18.2 Å². The molecule has 1 fully saturated rings. The molecule has 0 saturated carbocycles. The fraction of sp³-hybridized carbons (Fsp3) is 0. The highest BCUT2D eigenvalue weighted by Gasteiger charge is 2.33. The summed E-state index contributed by atoms with van der Waals surface area (Å²) < 4.78 is 0.289. The molecule has 1 amide bonds. The van der Waals surface area contributed by atoms with E-state index in [1.165, 1.54) is 41.3 Å². The minimum absolute atomic E-state index is 0.0866. The normalized spacial score (nSPS) is 15.5. The molecule has 2 aromatic carbocycles. The first-order valence-electron chi connectivity index (χ1n) is 7.32. The monoisotopic (exact) mass is 385 g/mol. The lowest BCUT2D eigenvalue weighted by atomic mass is 10.1. The Labute approximate surface area is 157 Å². The number of carbonyl (C=O) groups is 3. The first kappa shape index (κ1) is 17.8. The number of thiocarbonyl (C=S) groups is 1. The Hall–Kier alpha value is -2.97. The van der Waals surface area contributed by atoms with Gasteiger partial charge in [-0.15, -0.1) is 0 Å². The van der Waals surface area contributed by atoms with Crippen LogP contribution in [0.4, 0.5) is 5.69 Å². The minimum atomic E-state index is -1.09. The van der Waals surface area contributed by atoms with Crippen LogP contribution in [-0.4, -0.2) is 32.4 Å². The second-order valence-electron chi connectivity index (χ2n) is 5.26. The summed E-state index contributed by atoms with van der Waals surface area (Å²) in [5.41, 5.74) is 1.04. The number of benzene rings is 2. The second-order valence-corrected chi connectivity index (χ2v) is 6.94. The van der Waals surface area contributed by atoms with E-state index in [4.69, 9.17) is 17.3 Å². The Bertz CT molecular complexity index is 966. The van der Waals surface area contributed by atoms with Crippen LogP contribution in [-0.2, 0) is 4.79 Å². The van der Waals surface area contributed by atoms with Gasteiger partial charge in [0, 0.05) is 0 Å². The largest absolute Gasteiger partial charge is 0.478 e. The maximum absolute atomic E-state index is 12.7. The van der Waals surface area contributed by atoms with Crippen LogP contribution >= 0.6 is 24.0 Å². The highest BCUT2D eigenvalue weighted by molar-refractivity contribution is 8.27. The van der Waals surface area contributed by atoms with Gasteiger partial charge >= 0.3 is 11.9 Å². The zero-order valence-electron chi connectivity index (χ0n) is 13.1. The van der Waals surface area contributed by atoms with Crippen molar-refractivity contribution in [2.24, 2.45) is 0 Å². The molecule has 1 heterocycles. The number of anilines is 1. The van der Waals surface area contributed by atoms with Crippen molar-refractivity contribution in [3.63, 3.8) is 0 Å². The molecule has 1 saturated heterocycles. The van der Waals surface area contributed by atoms with Gasteiger partial charge in [-0.25, -0.2) is 9.59 Å². The van der Waals surface area contributed by atoms with Gasteiger partial charge in [0.05, 0.1) is 21.7 Å². The molecule has 1 aliphatic rings. The van der Waals surface area contributed by atoms with Crippen LogP contribution in [0.25, 0.3) is 6.08 Å². The van der Waals surface area contributed by atoms with Crippen molar-refractivity contribution >= 4 is 57.9 Å². The van der Waals surface area contributed by atoms with E-state index in [0.29, 0.717) is 16.2 Å². The SMILES string of the molecule is O=C(O)c1ccc(N2C(=O)C(=Cc3ccccc3C(=O)O)SC2=S)cc1. The predicted octanol–water partition coefficient (Wildman–Crippen LogP) is 3.49. The van der Waals surface area contributed by atoms with Crippen molar-refractivity contribution in [1.82, 2.24) is 0 Å². The molecule has 0 aliphatic carbocycles. The molecule has 130 valence electrons. The van der Waals surface area contributed by atoms with Gasteiger partial charge in [0.2, 0.25) is 0 Å². The van der Waals surface area contributed by atoms with Gasteiger partial charge in [0.1, 0.15) is 0 Å². The zero-order valence-corrected chi connectivity index (χ0v) is 14.7. The molecule has 3 rings (SSSR count). The average molecular weight is 385 g/mol. The van der Waals surface area contributed by atoms with Crippen LogP contribution in [0, 0.1) is 0 Å². The molecule has 0 atom stereocenters. The lowest BCUT2D eigenvalue weighted by molar-refractivity contribution is -0.113. The second kappa shape index (κ2) is 7.11. The molecular weight excluding hydrogens is 374 g/mol. The number of hydrogen-bond acceptors (Lipinski definition) is 5. The maximum atomic E-state index is 12.7. The number of hydrogen-bond donors (Lipinski definition) is 2. The first-order valence-corrected chi connectivity index (χ1v) is 8.54. The third-order valence-corrected chi connectivity index (χ3v) is 4.95. The highest BCUT2D eigenvalue weighted by atomic mass is 32.2. The lowest BCUT2D eigenvalue weighted by Crippen LogP contribution is -2.27. The van der Waals surface area contributed by atoms with Crippen LogP contribution in [0.15, 0.2) is 53.4 Å². The first-order chi connectivity index (χ1) is 12.4. The molecule has 0 bridgehead atoms. The van der Waals surface area contributed by atoms with Gasteiger partial charge < -0.3 is 10.2 Å². The summed E-state index contributed by atoms with van der Waals surface area (Å²) in [5, 5.41) is 18.2. The van der Waals surface area contributed by atoms with Crippen molar-refractivity contribution < 1.29 is 24.6 Å². The van der Waals surface area contributed by atoms with Crippen LogP contribution in [0.5, 0.6) is 0 Å². The summed E-state index contributed by atoms with van der Waals surface area (Å²) in [6.45, 7) is 0. The van der Waals surface area contributed by atoms with Gasteiger partial charge in [-0.05, 0) is 42.0 Å². The van der Waals surface area contributed by atoms with Crippen LogP contribution < -0.4 is 4.90 Å². The van der Waals surface area contributed by atoms with E-state index >= 15 is 0 Å². The van der Waals surface area contributed by atoms with Crippen molar-refractivity contribution in [3.8, 4) is 0 Å². The van der Waals surface area contributed by atoms with E-state index in [9.17, 15) is 19.5 Å². The predicted molar refractivity (Wildman–Crippen MR) is 102 cm³/mol. The van der Waals surface area contributed by atoms with E-state index in [2.05, 4.69) is 0 Å². The fourth-order valence-electron chi connectivity index (χ4n) is 2.40. The number of aromatic carboxylic acids is 2. The Balaban J connectivity index is 1.94. The molecule has 0 aromatic heterocycles. The molecule has 2 N–H and O–H groups in total. The molecule has 0 unspecified atom stereocenters. The Morgan fingerprint density at radius 1 is 1.00 bits per heavy atom. The van der Waals surface area contributed by atoms with Gasteiger partial charge in [0.25, 0.3) is 5.91 Å². The Morgan fingerprint density at radius 3 is 2.27 bits per heavy atom. The molecule has 8 heteroatoms. The zero-order chi connectivity index (χ0) is 18.8. The van der Waals surface area contributed by atoms with Crippen LogP contribution in [0.2, 0.25) is 0 Å². The summed E-state index contributed by atoms with van der Waals surface area (Å²) >= 11 is 6.32. The van der Waals surface area contributed by atoms with E-state index in [0.717, 1.165) is 11.8 Å². The summed E-state index contributed by atoms with van der Waals surface area (Å²) in [7, 11) is 0. The topological polar surface area (TPSA) is 94.9 Å². The number of thioether (sulfide) groups is 1. The summed E-state index contributed by atoms with van der Waals surface area (Å²) in [5.74, 6) is -2.54. The van der Waals surface area contributed by atoms with Gasteiger partial charge in [-0.3, -0.25) is 9.69 Å². The fourth-order valence-corrected chi connectivity index (χ4v) is 3.69. The number of amides is 1. The molecule has 0 spiro atoms. The van der Waals surface area contributed by atoms with Crippen molar-refractivity contribution in [2.75, 3.05) is 4.90 Å². The molecule has 26 heavy (non-hydrogen) atoms. The number of nitrogens with zero attached hydrogens (tertiary/aromatic N) is 1. The summed E-state index contributed by atoms with van der Waals surface area (Å²) in [4.78, 5) is 36.5. The quantitative estimate of drug-likeness (QED) is 0.614. The molecule has 1 aliphatic heterocycles. The standard InChI is InChI=1S/C18H11NO5S2/c20-15-14(9-11-3-1-2-4-13(11)17(23)24)26-18(25)19(15)12-7-5-10(6-8-12)16(21)22/h1-9H,(H,21,22)(H,23,24). The smallest absolute Gasteiger partial charge is 0.336 e. The molecular formula is C18H11NO5S2. The number of carboxylic acids is 2. The maximum Gasteiger partial charge on any atom is 0.336 e. The van der Waals surface area contributed by atoms with Gasteiger partial charge in [0.15, 0.2) is 4.32 Å². The minimum Gasteiger partial charge on any atom is -0.478 e. The van der Waals surface area contributed by atoms with Gasteiger partial charge in [-0.1, -0.05) is 42.2 Å². The van der Waals surface area contributed by atoms with Gasteiger partial charge in [-0.2, -0.15) is 0 Å². The Morgan fingerprint density at radius 2 is 1.65 bits per heavy atom. The lowest BCUT2D eigenvalue weighted by Gasteiger charge is -2.14. The number of rotatable bonds is 4. The van der Waals surface area contributed by atoms with Crippen molar-refractivity contribution in [1.29, 1.82) is 0 Å². The Kier molecular flexibility index (Phi) is 4.88. The van der Waals surface area contributed by atoms with Crippen LogP contribution in [0.1, 0.15) is 26.3 Å². The average Bonchev–Trinajstić information content (AvgIpc) is 2.89. The third kappa shape index (κ3) is 3.37. The number of carboxylic acid groups (broad SMARTS) is 2. The van der Waals surface area contributed by atoms with Crippen LogP contribution in [0.3, 0.4) is 0 Å². The van der Waals surface area contributed by atoms with E-state index < -0.39 is 11.9 Å². The molecule has 6 nitrogen and oxygen atoms in total. The third-order valence-electron chi connectivity index (χ3n) is 3.64. The number of carbonyl (C=O) groups excluding carboxylic acids is 1. The van der Waals surface area contributed by atoms with E-state index in [-0.39, 0.29) is 21.4 Å². The van der Waals surface area contributed by atoms with E-state index in [1.807, 2.05) is 0 Å². The summed E-state index contributed by atoms with van der Waals surface area (Å²) in [6, 6.07) is 12.1. The van der Waals surface area contributed by atoms with Crippen molar-refractivity contribution in [3.05, 3.63) is 70.1 Å². The summed E-state index contributed by atoms with van der Waals surface area (Å²) in [6.07, 6.45) is 1.49.